The Morgan fingerprint density at radius 2 is 1.68 bits per heavy atom. The van der Waals surface area contributed by atoms with E-state index in [2.05, 4.69) is 21.5 Å². The third-order valence-corrected chi connectivity index (χ3v) is 6.73. The lowest BCUT2D eigenvalue weighted by Crippen LogP contribution is -2.39. The van der Waals surface area contributed by atoms with Gasteiger partial charge < -0.3 is 11.1 Å². The Kier molecular flexibility index (Phi) is 9.28. The van der Waals surface area contributed by atoms with Crippen LogP contribution < -0.4 is 21.5 Å². The third-order valence-electron chi connectivity index (χ3n) is 6.73. The topological polar surface area (TPSA) is 126 Å². The summed E-state index contributed by atoms with van der Waals surface area (Å²) in [6.07, 6.45) is 1.99. The highest BCUT2D eigenvalue weighted by atomic mass is 19.4. The van der Waals surface area contributed by atoms with Crippen molar-refractivity contribution < 1.29 is 28.3 Å². The lowest BCUT2D eigenvalue weighted by atomic mass is 9.93. The van der Waals surface area contributed by atoms with Crippen LogP contribution in [0.4, 0.5) is 23.7 Å². The van der Waals surface area contributed by atoms with Gasteiger partial charge >= 0.3 is 12.2 Å². The van der Waals surface area contributed by atoms with Crippen LogP contribution in [0.3, 0.4) is 0 Å². The smallest absolute Gasteiger partial charge is 0.363 e. The van der Waals surface area contributed by atoms with E-state index in [0.717, 1.165) is 30.9 Å². The van der Waals surface area contributed by atoms with E-state index >= 15 is 0 Å². The van der Waals surface area contributed by atoms with E-state index in [4.69, 9.17) is 11.3 Å². The molecule has 0 heterocycles. The molecule has 8 nitrogen and oxygen atoms in total. The summed E-state index contributed by atoms with van der Waals surface area (Å²) in [5.41, 5.74) is 13.4. The van der Waals surface area contributed by atoms with Gasteiger partial charge in [0.2, 0.25) is 0 Å². The molecule has 3 aromatic carbocycles. The Morgan fingerprint density at radius 3 is 2.32 bits per heavy atom. The zero-order chi connectivity index (χ0) is 29.4. The van der Waals surface area contributed by atoms with Crippen LogP contribution in [-0.2, 0) is 19.3 Å². The molecule has 0 atom stereocenters. The highest BCUT2D eigenvalue weighted by Gasteiger charge is 2.33. The normalized spacial score (nSPS) is 13.7. The first-order valence-corrected chi connectivity index (χ1v) is 13.0. The average molecular weight is 564 g/mol. The van der Waals surface area contributed by atoms with Gasteiger partial charge in [-0.05, 0) is 78.3 Å². The molecular weight excluding hydrogens is 533 g/mol. The molecule has 11 heteroatoms. The van der Waals surface area contributed by atoms with Crippen molar-refractivity contribution in [3.8, 4) is 0 Å². The zero-order valence-electron chi connectivity index (χ0n) is 22.2. The first-order valence-electron chi connectivity index (χ1n) is 13.0. The fourth-order valence-electron chi connectivity index (χ4n) is 4.59. The Bertz CT molecular complexity index is 1460. The van der Waals surface area contributed by atoms with E-state index < -0.39 is 23.7 Å². The first kappa shape index (κ1) is 29.2. The predicted octanol–water partition coefficient (Wildman–Crippen LogP) is 5.25. The number of nitrogens with zero attached hydrogens (tertiary/aromatic N) is 3. The largest absolute Gasteiger partial charge is 0.416 e. The SMILES string of the molecule is NC(N=[NH2+])=NC(=O)c1ccc(CN(C(=O)NCc2ccccc2C(F)(F)F)c2ccc(C3=CCCCC3)cc2)cc1. The van der Waals surface area contributed by atoms with E-state index in [9.17, 15) is 22.8 Å². The maximum Gasteiger partial charge on any atom is 0.416 e. The average Bonchev–Trinajstić information content (AvgIpc) is 2.99. The van der Waals surface area contributed by atoms with Gasteiger partial charge in [0.05, 0.1) is 12.1 Å². The standard InChI is InChI=1S/C30H29F3N6O2/c31-30(32,33)26-9-5-4-8-24(26)18-36-29(41)39(25-16-14-22(15-17-25)21-6-2-1-3-7-21)19-20-10-12-23(13-11-20)27(40)37-28(34)38-35/h4-6,8-17,35H,1-3,7,18-19H2,(H,36,41)(H2,34,37,40)/p+1. The molecular formula is C30H30F3N6O2+. The second-order valence-electron chi connectivity index (χ2n) is 9.52. The molecule has 212 valence electrons. The Hall–Kier alpha value is -4.80. The van der Waals surface area contributed by atoms with Crippen molar-refractivity contribution in [2.45, 2.75) is 44.9 Å². The summed E-state index contributed by atoms with van der Waals surface area (Å²) in [7, 11) is 0. The number of guanidine groups is 1. The summed E-state index contributed by atoms with van der Waals surface area (Å²) in [4.78, 5) is 30.6. The van der Waals surface area contributed by atoms with Crippen LogP contribution >= 0.6 is 0 Å². The Morgan fingerprint density at radius 1 is 0.976 bits per heavy atom. The third kappa shape index (κ3) is 7.65. The number of urea groups is 1. The molecule has 0 aromatic heterocycles. The van der Waals surface area contributed by atoms with Gasteiger partial charge in [-0.25, -0.2) is 4.79 Å². The summed E-state index contributed by atoms with van der Waals surface area (Å²) in [6.45, 7) is -0.220. The fourth-order valence-corrected chi connectivity index (χ4v) is 4.59. The number of hydrogen-bond donors (Lipinski definition) is 3. The van der Waals surface area contributed by atoms with Crippen LogP contribution in [0.15, 0.2) is 89.0 Å². The summed E-state index contributed by atoms with van der Waals surface area (Å²) < 4.78 is 40.4. The molecule has 3 aromatic rings. The summed E-state index contributed by atoms with van der Waals surface area (Å²) in [5.74, 6) is -0.991. The number of rotatable bonds is 7. The van der Waals surface area contributed by atoms with Gasteiger partial charge in [0.1, 0.15) is 0 Å². The fraction of sp³-hybridized carbons (Fsp3) is 0.233. The van der Waals surface area contributed by atoms with E-state index in [0.29, 0.717) is 11.3 Å². The van der Waals surface area contributed by atoms with Gasteiger partial charge in [0, 0.05) is 22.9 Å². The summed E-state index contributed by atoms with van der Waals surface area (Å²) >= 11 is 0. The van der Waals surface area contributed by atoms with Crippen molar-refractivity contribution in [1.29, 1.82) is 0 Å². The van der Waals surface area contributed by atoms with E-state index in [1.807, 2.05) is 24.3 Å². The van der Waals surface area contributed by atoms with Crippen LogP contribution in [-0.4, -0.2) is 17.9 Å². The number of anilines is 1. The quantitative estimate of drug-likeness (QED) is 0.207. The zero-order valence-corrected chi connectivity index (χ0v) is 22.2. The highest BCUT2D eigenvalue weighted by Crippen LogP contribution is 2.32. The molecule has 0 saturated carbocycles. The van der Waals surface area contributed by atoms with E-state index in [1.165, 1.54) is 47.2 Å². The van der Waals surface area contributed by atoms with Crippen LogP contribution in [0, 0.1) is 0 Å². The van der Waals surface area contributed by atoms with Gasteiger partial charge in [0.25, 0.3) is 11.9 Å². The van der Waals surface area contributed by atoms with Crippen molar-refractivity contribution in [3.05, 3.63) is 107 Å². The predicted molar refractivity (Wildman–Crippen MR) is 149 cm³/mol. The van der Waals surface area contributed by atoms with Crippen LogP contribution in [0.25, 0.3) is 5.57 Å². The van der Waals surface area contributed by atoms with Gasteiger partial charge in [-0.15, -0.1) is 5.53 Å². The number of carbonyl (C=O) groups is 2. The molecule has 0 bridgehead atoms. The molecule has 4 rings (SSSR count). The van der Waals surface area contributed by atoms with Gasteiger partial charge in [-0.2, -0.15) is 18.2 Å². The number of halogens is 3. The van der Waals surface area contributed by atoms with E-state index in [-0.39, 0.29) is 30.2 Å². The Balaban J connectivity index is 1.58. The number of allylic oxidation sites excluding steroid dienone is 2. The minimum absolute atomic E-state index is 0.0419. The number of nitrogens with two attached hydrogens (primary N) is 2. The summed E-state index contributed by atoms with van der Waals surface area (Å²) in [6, 6.07) is 18.4. The second-order valence-corrected chi connectivity index (χ2v) is 9.52. The number of benzene rings is 3. The second kappa shape index (κ2) is 13.0. The van der Waals surface area contributed by atoms with Gasteiger partial charge in [0.15, 0.2) is 0 Å². The molecule has 41 heavy (non-hydrogen) atoms. The van der Waals surface area contributed by atoms with E-state index in [1.54, 1.807) is 12.1 Å². The molecule has 0 unspecified atom stereocenters. The molecule has 1 aliphatic rings. The molecule has 0 saturated heterocycles. The minimum atomic E-state index is -4.54. The molecule has 0 aliphatic heterocycles. The maximum absolute atomic E-state index is 13.5. The number of amides is 3. The van der Waals surface area contributed by atoms with Gasteiger partial charge in [-0.1, -0.05) is 48.5 Å². The first-order chi connectivity index (χ1) is 19.7. The lowest BCUT2D eigenvalue weighted by molar-refractivity contribution is -0.207. The summed E-state index contributed by atoms with van der Waals surface area (Å²) in [5, 5.41) is 5.78. The number of nitrogens with one attached hydrogen (secondary N) is 1. The van der Waals surface area contributed by atoms with Crippen molar-refractivity contribution in [2.24, 2.45) is 15.8 Å². The van der Waals surface area contributed by atoms with Crippen molar-refractivity contribution in [1.82, 2.24) is 5.32 Å². The molecule has 0 radical (unpaired) electrons. The molecule has 5 N–H and O–H groups in total. The minimum Gasteiger partial charge on any atom is -0.363 e. The molecule has 0 fully saturated rings. The van der Waals surface area contributed by atoms with Crippen molar-refractivity contribution in [3.63, 3.8) is 0 Å². The number of alkyl halides is 3. The van der Waals surface area contributed by atoms with Crippen molar-refractivity contribution >= 4 is 29.2 Å². The van der Waals surface area contributed by atoms with Crippen LogP contribution in [0.2, 0.25) is 0 Å². The molecule has 1 aliphatic carbocycles. The molecule has 3 amide bonds. The number of hydrogen-bond acceptors (Lipinski definition) is 2. The van der Waals surface area contributed by atoms with Crippen LogP contribution in [0.5, 0.6) is 0 Å². The van der Waals surface area contributed by atoms with Crippen molar-refractivity contribution in [2.75, 3.05) is 4.90 Å². The Labute approximate surface area is 235 Å². The number of aliphatic imine (C=N–C) groups is 1. The lowest BCUT2D eigenvalue weighted by Gasteiger charge is -2.25. The molecule has 0 spiro atoms. The highest BCUT2D eigenvalue weighted by molar-refractivity contribution is 6.02. The monoisotopic (exact) mass is 563 g/mol. The van der Waals surface area contributed by atoms with Gasteiger partial charge in [-0.3, -0.25) is 9.69 Å². The maximum atomic E-state index is 13.5. The number of carbonyl (C=O) groups excluding carboxylic acids is 2. The van der Waals surface area contributed by atoms with Crippen LogP contribution in [0.1, 0.15) is 58.3 Å².